The Hall–Kier alpha value is -0.580. The Morgan fingerprint density at radius 1 is 1.36 bits per heavy atom. The summed E-state index contributed by atoms with van der Waals surface area (Å²) in [7, 11) is 0. The van der Waals surface area contributed by atoms with Crippen molar-refractivity contribution in [2.75, 3.05) is 0 Å². The molecule has 2 nitrogen and oxygen atoms in total. The zero-order valence-electron chi connectivity index (χ0n) is 7.78. The SMILES string of the molecule is Ic1cnn2cc(C3CCC3)ccc12. The van der Waals surface area contributed by atoms with Crippen LogP contribution in [0.25, 0.3) is 5.52 Å². The maximum atomic E-state index is 4.33. The Morgan fingerprint density at radius 2 is 2.21 bits per heavy atom. The lowest BCUT2D eigenvalue weighted by Gasteiger charge is -2.25. The highest BCUT2D eigenvalue weighted by atomic mass is 127. The molecule has 2 aromatic rings. The molecule has 1 aliphatic carbocycles. The minimum Gasteiger partial charge on any atom is -0.240 e. The predicted molar refractivity (Wildman–Crippen MR) is 64.5 cm³/mol. The Balaban J connectivity index is 2.10. The fourth-order valence-corrected chi connectivity index (χ4v) is 2.50. The topological polar surface area (TPSA) is 17.3 Å². The highest BCUT2D eigenvalue weighted by molar-refractivity contribution is 14.1. The minimum absolute atomic E-state index is 0.793. The van der Waals surface area contributed by atoms with Gasteiger partial charge >= 0.3 is 0 Å². The summed E-state index contributed by atoms with van der Waals surface area (Å²) >= 11 is 2.32. The van der Waals surface area contributed by atoms with E-state index in [2.05, 4.69) is 46.0 Å². The van der Waals surface area contributed by atoms with Crippen molar-refractivity contribution in [2.24, 2.45) is 0 Å². The average molecular weight is 298 g/mol. The third kappa shape index (κ3) is 1.26. The van der Waals surface area contributed by atoms with E-state index < -0.39 is 0 Å². The van der Waals surface area contributed by atoms with Gasteiger partial charge in [-0.3, -0.25) is 0 Å². The van der Waals surface area contributed by atoms with Crippen LogP contribution in [0.5, 0.6) is 0 Å². The summed E-state index contributed by atoms with van der Waals surface area (Å²) in [5.74, 6) is 0.793. The lowest BCUT2D eigenvalue weighted by molar-refractivity contribution is 0.418. The number of nitrogens with zero attached hydrogens (tertiary/aromatic N) is 2. The van der Waals surface area contributed by atoms with Gasteiger partial charge < -0.3 is 0 Å². The van der Waals surface area contributed by atoms with Crippen molar-refractivity contribution in [3.05, 3.63) is 33.7 Å². The molecule has 3 rings (SSSR count). The van der Waals surface area contributed by atoms with E-state index >= 15 is 0 Å². The zero-order chi connectivity index (χ0) is 9.54. The van der Waals surface area contributed by atoms with Crippen LogP contribution in [-0.2, 0) is 0 Å². The van der Waals surface area contributed by atoms with Gasteiger partial charge in [0.05, 0.1) is 15.3 Å². The van der Waals surface area contributed by atoms with Gasteiger partial charge in [-0.15, -0.1) is 0 Å². The quantitative estimate of drug-likeness (QED) is 0.739. The Bertz CT molecular complexity index is 471. The summed E-state index contributed by atoms with van der Waals surface area (Å²) in [6.07, 6.45) is 8.19. The summed E-state index contributed by atoms with van der Waals surface area (Å²) in [5.41, 5.74) is 2.66. The molecule has 0 bridgehead atoms. The highest BCUT2D eigenvalue weighted by Crippen LogP contribution is 2.36. The summed E-state index contributed by atoms with van der Waals surface area (Å²) in [4.78, 5) is 0. The monoisotopic (exact) mass is 298 g/mol. The third-order valence-electron chi connectivity index (χ3n) is 3.07. The molecule has 72 valence electrons. The average Bonchev–Trinajstić information content (AvgIpc) is 2.45. The second-order valence-electron chi connectivity index (χ2n) is 3.91. The molecule has 1 fully saturated rings. The van der Waals surface area contributed by atoms with Gasteiger partial charge in [0.1, 0.15) is 0 Å². The first kappa shape index (κ1) is 8.71. The second kappa shape index (κ2) is 3.22. The van der Waals surface area contributed by atoms with Crippen molar-refractivity contribution in [1.29, 1.82) is 0 Å². The van der Waals surface area contributed by atoms with E-state index in [1.54, 1.807) is 0 Å². The molecule has 14 heavy (non-hydrogen) atoms. The maximum absolute atomic E-state index is 4.33. The number of hydrogen-bond acceptors (Lipinski definition) is 1. The molecule has 1 aliphatic rings. The standard InChI is InChI=1S/C11H11IN2/c12-10-6-13-14-7-9(4-5-11(10)14)8-2-1-3-8/h4-8H,1-3H2. The summed E-state index contributed by atoms with van der Waals surface area (Å²) in [6, 6.07) is 4.44. The molecule has 3 heteroatoms. The molecule has 0 amide bonds. The first-order chi connectivity index (χ1) is 6.84. The Kier molecular flexibility index (Phi) is 2.00. The number of pyridine rings is 1. The molecule has 0 spiro atoms. The molecule has 0 aromatic carbocycles. The molecule has 0 saturated heterocycles. The molecular formula is C11H11IN2. The van der Waals surface area contributed by atoms with Crippen molar-refractivity contribution >= 4 is 28.1 Å². The number of fused-ring (bicyclic) bond motifs is 1. The smallest absolute Gasteiger partial charge is 0.0795 e. The van der Waals surface area contributed by atoms with Gasteiger partial charge in [-0.1, -0.05) is 12.5 Å². The highest BCUT2D eigenvalue weighted by Gasteiger charge is 2.19. The van der Waals surface area contributed by atoms with Crippen LogP contribution in [0, 0.1) is 3.57 Å². The molecule has 0 atom stereocenters. The zero-order valence-corrected chi connectivity index (χ0v) is 9.94. The predicted octanol–water partition coefficient (Wildman–Crippen LogP) is 3.21. The van der Waals surface area contributed by atoms with Crippen LogP contribution in [0.1, 0.15) is 30.7 Å². The fourth-order valence-electron chi connectivity index (χ4n) is 1.95. The third-order valence-corrected chi connectivity index (χ3v) is 3.90. The molecular weight excluding hydrogens is 287 g/mol. The van der Waals surface area contributed by atoms with Crippen LogP contribution in [0.2, 0.25) is 0 Å². The van der Waals surface area contributed by atoms with E-state index in [4.69, 9.17) is 0 Å². The summed E-state index contributed by atoms with van der Waals surface area (Å²) in [5, 5.41) is 4.33. The van der Waals surface area contributed by atoms with Crippen LogP contribution in [-0.4, -0.2) is 9.61 Å². The fraction of sp³-hybridized carbons (Fsp3) is 0.364. The molecule has 2 heterocycles. The first-order valence-corrected chi connectivity index (χ1v) is 6.05. The van der Waals surface area contributed by atoms with Gasteiger partial charge in [0, 0.05) is 6.20 Å². The molecule has 0 unspecified atom stereocenters. The second-order valence-corrected chi connectivity index (χ2v) is 5.07. The van der Waals surface area contributed by atoms with Gasteiger partial charge in [-0.05, 0) is 53.0 Å². The summed E-state index contributed by atoms with van der Waals surface area (Å²) in [6.45, 7) is 0. The normalized spacial score (nSPS) is 17.2. The molecule has 0 aliphatic heterocycles. The molecule has 2 aromatic heterocycles. The number of halogens is 1. The number of aromatic nitrogens is 2. The van der Waals surface area contributed by atoms with Gasteiger partial charge in [-0.25, -0.2) is 4.52 Å². The van der Waals surface area contributed by atoms with Crippen molar-refractivity contribution < 1.29 is 0 Å². The van der Waals surface area contributed by atoms with Gasteiger partial charge in [0.15, 0.2) is 0 Å². The van der Waals surface area contributed by atoms with Crippen LogP contribution >= 0.6 is 22.6 Å². The van der Waals surface area contributed by atoms with Crippen LogP contribution in [0.3, 0.4) is 0 Å². The van der Waals surface area contributed by atoms with E-state index in [1.807, 2.05) is 10.7 Å². The van der Waals surface area contributed by atoms with Gasteiger partial charge in [-0.2, -0.15) is 5.10 Å². The summed E-state index contributed by atoms with van der Waals surface area (Å²) < 4.78 is 3.22. The van der Waals surface area contributed by atoms with E-state index in [0.29, 0.717) is 0 Å². The van der Waals surface area contributed by atoms with Gasteiger partial charge in [0.25, 0.3) is 0 Å². The van der Waals surface area contributed by atoms with Crippen LogP contribution < -0.4 is 0 Å². The molecule has 1 saturated carbocycles. The molecule has 0 radical (unpaired) electrons. The van der Waals surface area contributed by atoms with E-state index in [9.17, 15) is 0 Å². The molecule has 0 N–H and O–H groups in total. The maximum Gasteiger partial charge on any atom is 0.0795 e. The van der Waals surface area contributed by atoms with Crippen molar-refractivity contribution in [2.45, 2.75) is 25.2 Å². The van der Waals surface area contributed by atoms with Crippen molar-refractivity contribution in [1.82, 2.24) is 9.61 Å². The first-order valence-electron chi connectivity index (χ1n) is 4.97. The van der Waals surface area contributed by atoms with Crippen molar-refractivity contribution in [3.63, 3.8) is 0 Å². The van der Waals surface area contributed by atoms with E-state index in [0.717, 1.165) is 5.92 Å². The Labute approximate surface area is 96.5 Å². The number of rotatable bonds is 1. The lowest BCUT2D eigenvalue weighted by Crippen LogP contribution is -2.09. The minimum atomic E-state index is 0.793. The van der Waals surface area contributed by atoms with E-state index in [1.165, 1.54) is 33.9 Å². The Morgan fingerprint density at radius 3 is 2.93 bits per heavy atom. The van der Waals surface area contributed by atoms with Crippen LogP contribution in [0.4, 0.5) is 0 Å². The van der Waals surface area contributed by atoms with Crippen LogP contribution in [0.15, 0.2) is 24.5 Å². The van der Waals surface area contributed by atoms with Gasteiger partial charge in [0.2, 0.25) is 0 Å². The van der Waals surface area contributed by atoms with E-state index in [-0.39, 0.29) is 0 Å². The number of hydrogen-bond donors (Lipinski definition) is 0. The largest absolute Gasteiger partial charge is 0.240 e. The lowest BCUT2D eigenvalue weighted by atomic mass is 9.81. The van der Waals surface area contributed by atoms with Crippen molar-refractivity contribution in [3.8, 4) is 0 Å².